The number of nitrogens with two attached hydrogens (primary N) is 1. The van der Waals surface area contributed by atoms with Gasteiger partial charge < -0.3 is 15.2 Å². The minimum atomic E-state index is -0.00549. The Morgan fingerprint density at radius 1 is 1.26 bits per heavy atom. The van der Waals surface area contributed by atoms with Gasteiger partial charge in [0.05, 0.1) is 13.7 Å². The summed E-state index contributed by atoms with van der Waals surface area (Å²) in [6.07, 6.45) is 0.913. The van der Waals surface area contributed by atoms with Crippen LogP contribution in [0.3, 0.4) is 0 Å². The molecule has 0 aliphatic heterocycles. The first-order chi connectivity index (χ1) is 9.20. The van der Waals surface area contributed by atoms with E-state index >= 15 is 0 Å². The number of hydrogen-bond donors (Lipinski definition) is 1. The van der Waals surface area contributed by atoms with Crippen molar-refractivity contribution < 1.29 is 9.47 Å². The lowest BCUT2D eigenvalue weighted by atomic mass is 10.1. The molecule has 3 nitrogen and oxygen atoms in total. The van der Waals surface area contributed by atoms with Gasteiger partial charge in [0.15, 0.2) is 11.5 Å². The average molecular weight is 277 g/mol. The molecule has 0 aliphatic carbocycles. The van der Waals surface area contributed by atoms with Gasteiger partial charge in [0.2, 0.25) is 0 Å². The van der Waals surface area contributed by atoms with E-state index in [2.05, 4.69) is 17.5 Å². The van der Waals surface area contributed by atoms with Crippen LogP contribution < -0.4 is 15.2 Å². The molecule has 0 spiro atoms. The average Bonchev–Trinajstić information content (AvgIpc) is 2.92. The zero-order valence-corrected chi connectivity index (χ0v) is 12.1. The summed E-state index contributed by atoms with van der Waals surface area (Å²) in [4.78, 5) is 1.33. The lowest BCUT2D eigenvalue weighted by Gasteiger charge is -2.13. The van der Waals surface area contributed by atoms with Crippen molar-refractivity contribution in [2.75, 3.05) is 13.7 Å². The Labute approximate surface area is 118 Å². The summed E-state index contributed by atoms with van der Waals surface area (Å²) in [7, 11) is 1.65. The molecule has 0 radical (unpaired) electrons. The van der Waals surface area contributed by atoms with Crippen LogP contribution >= 0.6 is 11.3 Å². The van der Waals surface area contributed by atoms with Crippen LogP contribution in [-0.4, -0.2) is 13.7 Å². The van der Waals surface area contributed by atoms with Crippen LogP contribution in [0.25, 0.3) is 0 Å². The van der Waals surface area contributed by atoms with Gasteiger partial charge >= 0.3 is 0 Å². The van der Waals surface area contributed by atoms with Gasteiger partial charge in [-0.1, -0.05) is 12.1 Å². The van der Waals surface area contributed by atoms with Crippen molar-refractivity contribution in [2.24, 2.45) is 5.73 Å². The molecule has 1 aromatic carbocycles. The standard InChI is InChI=1S/C15H19NO2S/c1-11(16)12-5-6-14(15(10-12)17-2)18-8-7-13-4-3-9-19-13/h3-6,9-11H,7-8,16H2,1-2H3/t11-/m0/s1. The Bertz CT molecular complexity index is 509. The molecule has 0 saturated carbocycles. The first kappa shape index (κ1) is 13.9. The highest BCUT2D eigenvalue weighted by Crippen LogP contribution is 2.30. The Balaban J connectivity index is 1.99. The van der Waals surface area contributed by atoms with E-state index in [1.54, 1.807) is 18.4 Å². The number of benzene rings is 1. The highest BCUT2D eigenvalue weighted by Gasteiger charge is 2.08. The van der Waals surface area contributed by atoms with Gasteiger partial charge in [0.25, 0.3) is 0 Å². The second-order valence-electron chi connectivity index (χ2n) is 4.38. The molecule has 1 heterocycles. The van der Waals surface area contributed by atoms with Crippen molar-refractivity contribution in [3.63, 3.8) is 0 Å². The van der Waals surface area contributed by atoms with E-state index in [-0.39, 0.29) is 6.04 Å². The lowest BCUT2D eigenvalue weighted by molar-refractivity contribution is 0.298. The van der Waals surface area contributed by atoms with E-state index in [9.17, 15) is 0 Å². The molecule has 2 rings (SSSR count). The van der Waals surface area contributed by atoms with Crippen LogP contribution in [-0.2, 0) is 6.42 Å². The van der Waals surface area contributed by atoms with E-state index in [0.717, 1.165) is 23.5 Å². The molecule has 4 heteroatoms. The fraction of sp³-hybridized carbons (Fsp3) is 0.333. The molecule has 102 valence electrons. The summed E-state index contributed by atoms with van der Waals surface area (Å²) in [6, 6.07) is 10.0. The maximum atomic E-state index is 5.86. The van der Waals surface area contributed by atoms with Crippen LogP contribution in [0.5, 0.6) is 11.5 Å². The van der Waals surface area contributed by atoms with E-state index in [1.807, 2.05) is 25.1 Å². The van der Waals surface area contributed by atoms with Gasteiger partial charge in [0.1, 0.15) is 0 Å². The Morgan fingerprint density at radius 3 is 2.74 bits per heavy atom. The van der Waals surface area contributed by atoms with Crippen molar-refractivity contribution in [1.29, 1.82) is 0 Å². The zero-order valence-electron chi connectivity index (χ0n) is 11.3. The first-order valence-corrected chi connectivity index (χ1v) is 7.17. The molecule has 0 saturated heterocycles. The van der Waals surface area contributed by atoms with Crippen LogP contribution in [0.2, 0.25) is 0 Å². The highest BCUT2D eigenvalue weighted by atomic mass is 32.1. The molecule has 19 heavy (non-hydrogen) atoms. The summed E-state index contributed by atoms with van der Waals surface area (Å²) >= 11 is 1.75. The van der Waals surface area contributed by atoms with Gasteiger partial charge in [-0.2, -0.15) is 0 Å². The maximum Gasteiger partial charge on any atom is 0.161 e. The molecule has 2 N–H and O–H groups in total. The van der Waals surface area contributed by atoms with Gasteiger partial charge in [-0.05, 0) is 36.1 Å². The van der Waals surface area contributed by atoms with Crippen molar-refractivity contribution in [1.82, 2.24) is 0 Å². The summed E-state index contributed by atoms with van der Waals surface area (Å²) in [6.45, 7) is 2.60. The molecule has 0 amide bonds. The lowest BCUT2D eigenvalue weighted by Crippen LogP contribution is -2.06. The normalized spacial score (nSPS) is 12.2. The molecule has 0 bridgehead atoms. The topological polar surface area (TPSA) is 44.5 Å². The van der Waals surface area contributed by atoms with Crippen molar-refractivity contribution >= 4 is 11.3 Å². The second kappa shape index (κ2) is 6.59. The monoisotopic (exact) mass is 277 g/mol. The molecule has 1 atom stereocenters. The van der Waals surface area contributed by atoms with Crippen molar-refractivity contribution in [3.8, 4) is 11.5 Å². The van der Waals surface area contributed by atoms with Crippen molar-refractivity contribution in [3.05, 3.63) is 46.2 Å². The first-order valence-electron chi connectivity index (χ1n) is 6.29. The quantitative estimate of drug-likeness (QED) is 0.880. The maximum absolute atomic E-state index is 5.86. The molecular weight excluding hydrogens is 258 g/mol. The van der Waals surface area contributed by atoms with Crippen LogP contribution in [0.1, 0.15) is 23.4 Å². The third kappa shape index (κ3) is 3.72. The predicted molar refractivity (Wildman–Crippen MR) is 79.1 cm³/mol. The Morgan fingerprint density at radius 2 is 2.11 bits per heavy atom. The van der Waals surface area contributed by atoms with Gasteiger partial charge in [-0.15, -0.1) is 11.3 Å². The number of methoxy groups -OCH3 is 1. The van der Waals surface area contributed by atoms with Crippen LogP contribution in [0.15, 0.2) is 35.7 Å². The molecule has 0 unspecified atom stereocenters. The van der Waals surface area contributed by atoms with E-state index in [4.69, 9.17) is 15.2 Å². The zero-order chi connectivity index (χ0) is 13.7. The van der Waals surface area contributed by atoms with Crippen LogP contribution in [0.4, 0.5) is 0 Å². The largest absolute Gasteiger partial charge is 0.493 e. The molecule has 2 aromatic rings. The number of ether oxygens (including phenoxy) is 2. The Hall–Kier alpha value is -1.52. The number of thiophene rings is 1. The van der Waals surface area contributed by atoms with E-state index < -0.39 is 0 Å². The Kier molecular flexibility index (Phi) is 4.82. The van der Waals surface area contributed by atoms with E-state index in [0.29, 0.717) is 6.61 Å². The fourth-order valence-corrected chi connectivity index (χ4v) is 2.49. The number of rotatable bonds is 6. The van der Waals surface area contributed by atoms with Crippen molar-refractivity contribution in [2.45, 2.75) is 19.4 Å². The molecule has 0 aliphatic rings. The van der Waals surface area contributed by atoms with Crippen LogP contribution in [0, 0.1) is 0 Å². The summed E-state index contributed by atoms with van der Waals surface area (Å²) in [5.74, 6) is 1.50. The molecule has 0 fully saturated rings. The minimum absolute atomic E-state index is 0.00549. The summed E-state index contributed by atoms with van der Waals surface area (Å²) < 4.78 is 11.1. The number of hydrogen-bond acceptors (Lipinski definition) is 4. The molecule has 1 aromatic heterocycles. The minimum Gasteiger partial charge on any atom is -0.493 e. The molecular formula is C15H19NO2S. The third-order valence-corrected chi connectivity index (χ3v) is 3.84. The fourth-order valence-electron chi connectivity index (χ4n) is 1.80. The van der Waals surface area contributed by atoms with Gasteiger partial charge in [0, 0.05) is 17.3 Å². The van der Waals surface area contributed by atoms with E-state index in [1.165, 1.54) is 4.88 Å². The summed E-state index contributed by atoms with van der Waals surface area (Å²) in [5, 5.41) is 2.08. The van der Waals surface area contributed by atoms with Gasteiger partial charge in [-0.25, -0.2) is 0 Å². The summed E-state index contributed by atoms with van der Waals surface area (Å²) in [5.41, 5.74) is 6.90. The highest BCUT2D eigenvalue weighted by molar-refractivity contribution is 7.09. The predicted octanol–water partition coefficient (Wildman–Crippen LogP) is 3.40. The second-order valence-corrected chi connectivity index (χ2v) is 5.41. The SMILES string of the molecule is COc1cc([C@H](C)N)ccc1OCCc1cccs1. The van der Waals surface area contributed by atoms with Gasteiger partial charge in [-0.3, -0.25) is 0 Å². The third-order valence-electron chi connectivity index (χ3n) is 2.90. The smallest absolute Gasteiger partial charge is 0.161 e.